The molecule has 0 amide bonds. The number of rotatable bonds is 11. The van der Waals surface area contributed by atoms with E-state index >= 15 is 0 Å². The molecule has 2 rings (SSSR count). The lowest BCUT2D eigenvalue weighted by Gasteiger charge is -2.26. The van der Waals surface area contributed by atoms with Crippen molar-refractivity contribution in [3.8, 4) is 0 Å². The fourth-order valence-corrected chi connectivity index (χ4v) is 4.58. The summed E-state index contributed by atoms with van der Waals surface area (Å²) >= 11 is 0. The van der Waals surface area contributed by atoms with Crippen molar-refractivity contribution in [1.82, 2.24) is 0 Å². The van der Waals surface area contributed by atoms with Crippen LogP contribution in [-0.4, -0.2) is 26.0 Å². The summed E-state index contributed by atoms with van der Waals surface area (Å²) in [6.07, 6.45) is 17.3. The van der Waals surface area contributed by atoms with Gasteiger partial charge in [-0.1, -0.05) is 93.4 Å². The van der Waals surface area contributed by atoms with Crippen LogP contribution in [0, 0.1) is 19.8 Å². The van der Waals surface area contributed by atoms with E-state index < -0.39 is 0 Å². The average molecular weight is 538 g/mol. The number of aliphatic imine (C=N–C) groups is 2. The van der Waals surface area contributed by atoms with Crippen molar-refractivity contribution in [3.63, 3.8) is 0 Å². The Bertz CT molecular complexity index is 929. The van der Waals surface area contributed by atoms with Gasteiger partial charge in [-0.15, -0.1) is 0 Å². The molecule has 0 saturated carbocycles. The standard InChI is InChI=1S/C30H45N3.3C2H6/c1-7-9-12-26(25(19-31)20-33-18-17-22(3)8-2)27-13-10-11-14-28(27)30-24(5)16-15-23(4)29(30)21-32-6;3*1-2/h12,15-16,19-22H,7-11,13-14,17-18,31H2,1-6H3;3*1-2H3/b25-19+,26-12+,32-21?,33-20?;;;. The Balaban J connectivity index is 0. The number of allylic oxidation sites excluding steroid dienone is 5. The normalized spacial score (nSPS) is 14.8. The summed E-state index contributed by atoms with van der Waals surface area (Å²) in [5.74, 6) is 0.707. The SMILES string of the molecule is CC.CC.CC.CCC/C=C(C1=C(c2c(C)ccc(C)c2C=NC)CCCC1)\C(C=NCCC(C)CC)=C\N. The first-order valence-electron chi connectivity index (χ1n) is 15.9. The number of nitrogens with two attached hydrogens (primary N) is 1. The van der Waals surface area contributed by atoms with Gasteiger partial charge in [0.25, 0.3) is 0 Å². The van der Waals surface area contributed by atoms with Crippen molar-refractivity contribution in [2.75, 3.05) is 13.6 Å². The minimum atomic E-state index is 0.707. The zero-order chi connectivity index (χ0) is 30.2. The van der Waals surface area contributed by atoms with E-state index in [0.29, 0.717) is 5.92 Å². The topological polar surface area (TPSA) is 50.7 Å². The molecule has 0 aromatic heterocycles. The van der Waals surface area contributed by atoms with Gasteiger partial charge >= 0.3 is 0 Å². The highest BCUT2D eigenvalue weighted by atomic mass is 14.7. The predicted octanol–water partition coefficient (Wildman–Crippen LogP) is 10.8. The van der Waals surface area contributed by atoms with Gasteiger partial charge in [0.15, 0.2) is 0 Å². The Hall–Kier alpha value is -2.42. The zero-order valence-electron chi connectivity index (χ0n) is 27.9. The van der Waals surface area contributed by atoms with Crippen LogP contribution in [0.25, 0.3) is 5.57 Å². The maximum atomic E-state index is 6.20. The summed E-state index contributed by atoms with van der Waals surface area (Å²) in [7, 11) is 1.86. The molecule has 1 aliphatic carbocycles. The Morgan fingerprint density at radius 2 is 1.59 bits per heavy atom. The number of hydrogen-bond donors (Lipinski definition) is 1. The molecule has 0 fully saturated rings. The molecule has 0 bridgehead atoms. The van der Waals surface area contributed by atoms with Crippen LogP contribution in [0.1, 0.15) is 136 Å². The lowest BCUT2D eigenvalue weighted by molar-refractivity contribution is 0.525. The van der Waals surface area contributed by atoms with Crippen molar-refractivity contribution in [3.05, 3.63) is 63.4 Å². The minimum Gasteiger partial charge on any atom is -0.404 e. The van der Waals surface area contributed by atoms with E-state index in [-0.39, 0.29) is 0 Å². The summed E-state index contributed by atoms with van der Waals surface area (Å²) in [6, 6.07) is 4.46. The first kappa shape index (κ1) is 38.7. The van der Waals surface area contributed by atoms with Gasteiger partial charge in [0.1, 0.15) is 0 Å². The first-order chi connectivity index (χ1) is 19.0. The Kier molecular flexibility index (Phi) is 24.4. The molecular weight excluding hydrogens is 474 g/mol. The highest BCUT2D eigenvalue weighted by Crippen LogP contribution is 2.41. The third-order valence-corrected chi connectivity index (χ3v) is 6.83. The van der Waals surface area contributed by atoms with E-state index in [0.717, 1.165) is 44.2 Å². The van der Waals surface area contributed by atoms with Crippen LogP contribution in [0.4, 0.5) is 0 Å². The van der Waals surface area contributed by atoms with E-state index in [9.17, 15) is 0 Å². The molecule has 2 N–H and O–H groups in total. The van der Waals surface area contributed by atoms with Crippen LogP contribution in [-0.2, 0) is 0 Å². The van der Waals surface area contributed by atoms with Gasteiger partial charge in [-0.05, 0) is 91.7 Å². The van der Waals surface area contributed by atoms with E-state index in [1.165, 1.54) is 58.2 Å². The Morgan fingerprint density at radius 3 is 2.15 bits per heavy atom. The second-order valence-electron chi connectivity index (χ2n) is 9.41. The Morgan fingerprint density at radius 1 is 0.974 bits per heavy atom. The summed E-state index contributed by atoms with van der Waals surface area (Å²) in [5.41, 5.74) is 16.7. The van der Waals surface area contributed by atoms with Crippen molar-refractivity contribution in [2.24, 2.45) is 21.6 Å². The second-order valence-corrected chi connectivity index (χ2v) is 9.41. The van der Waals surface area contributed by atoms with E-state index in [1.54, 1.807) is 6.20 Å². The number of nitrogens with zero attached hydrogens (tertiary/aromatic N) is 2. The molecule has 0 saturated heterocycles. The molecule has 1 aromatic rings. The second kappa shape index (κ2) is 24.6. The molecule has 1 aromatic carbocycles. The van der Waals surface area contributed by atoms with Gasteiger partial charge in [0.2, 0.25) is 0 Å². The molecule has 1 atom stereocenters. The van der Waals surface area contributed by atoms with E-state index in [4.69, 9.17) is 10.7 Å². The minimum absolute atomic E-state index is 0.707. The van der Waals surface area contributed by atoms with E-state index in [2.05, 4.69) is 57.8 Å². The maximum absolute atomic E-state index is 6.20. The molecule has 0 aliphatic heterocycles. The number of benzene rings is 1. The van der Waals surface area contributed by atoms with Crippen molar-refractivity contribution in [1.29, 1.82) is 0 Å². The quantitative estimate of drug-likeness (QED) is 0.221. The fraction of sp³-hybridized carbons (Fsp3) is 0.611. The van der Waals surface area contributed by atoms with Crippen molar-refractivity contribution < 1.29 is 0 Å². The van der Waals surface area contributed by atoms with Gasteiger partial charge in [0.05, 0.1) is 0 Å². The van der Waals surface area contributed by atoms with Gasteiger partial charge in [-0.3, -0.25) is 9.98 Å². The predicted molar refractivity (Wildman–Crippen MR) is 182 cm³/mol. The van der Waals surface area contributed by atoms with Crippen LogP contribution in [0.5, 0.6) is 0 Å². The Labute approximate surface area is 243 Å². The van der Waals surface area contributed by atoms with Crippen LogP contribution in [0.15, 0.2) is 51.1 Å². The van der Waals surface area contributed by atoms with Crippen LogP contribution >= 0.6 is 0 Å². The zero-order valence-corrected chi connectivity index (χ0v) is 27.9. The molecule has 1 aliphatic rings. The third-order valence-electron chi connectivity index (χ3n) is 6.83. The maximum Gasteiger partial charge on any atom is 0.0392 e. The lowest BCUT2D eigenvalue weighted by Crippen LogP contribution is -2.10. The van der Waals surface area contributed by atoms with Crippen LogP contribution in [0.2, 0.25) is 0 Å². The first-order valence-corrected chi connectivity index (χ1v) is 15.9. The van der Waals surface area contributed by atoms with Crippen LogP contribution < -0.4 is 5.73 Å². The lowest BCUT2D eigenvalue weighted by atomic mass is 9.78. The van der Waals surface area contributed by atoms with E-state index in [1.807, 2.05) is 61.0 Å². The average Bonchev–Trinajstić information content (AvgIpc) is 2.99. The molecular formula is C36H63N3. The highest BCUT2D eigenvalue weighted by molar-refractivity contribution is 5.95. The molecule has 1 unspecified atom stereocenters. The smallest absolute Gasteiger partial charge is 0.0392 e. The number of unbranched alkanes of at least 4 members (excludes halogenated alkanes) is 1. The monoisotopic (exact) mass is 538 g/mol. The summed E-state index contributed by atoms with van der Waals surface area (Å²) in [6.45, 7) is 24.0. The molecule has 0 radical (unpaired) electrons. The summed E-state index contributed by atoms with van der Waals surface area (Å²) in [4.78, 5) is 9.16. The van der Waals surface area contributed by atoms with Gasteiger partial charge in [0, 0.05) is 43.4 Å². The van der Waals surface area contributed by atoms with Gasteiger partial charge in [-0.2, -0.15) is 0 Å². The molecule has 222 valence electrons. The molecule has 3 heteroatoms. The van der Waals surface area contributed by atoms with Crippen molar-refractivity contribution >= 4 is 18.0 Å². The molecule has 0 spiro atoms. The highest BCUT2D eigenvalue weighted by Gasteiger charge is 2.22. The molecule has 39 heavy (non-hydrogen) atoms. The number of aryl methyl sites for hydroxylation is 2. The molecule has 0 heterocycles. The summed E-state index contributed by atoms with van der Waals surface area (Å²) in [5, 5.41) is 0. The van der Waals surface area contributed by atoms with Crippen molar-refractivity contribution in [2.45, 2.75) is 128 Å². The summed E-state index contributed by atoms with van der Waals surface area (Å²) < 4.78 is 0. The third kappa shape index (κ3) is 13.0. The fourth-order valence-electron chi connectivity index (χ4n) is 4.58. The number of hydrogen-bond acceptors (Lipinski definition) is 3. The van der Waals surface area contributed by atoms with Gasteiger partial charge in [-0.25, -0.2) is 0 Å². The van der Waals surface area contributed by atoms with Gasteiger partial charge < -0.3 is 5.73 Å². The molecule has 3 nitrogen and oxygen atoms in total. The van der Waals surface area contributed by atoms with Crippen LogP contribution in [0.3, 0.4) is 0 Å². The largest absolute Gasteiger partial charge is 0.404 e.